The van der Waals surface area contributed by atoms with Crippen LogP contribution >= 0.6 is 0 Å². The molecule has 0 spiro atoms. The van der Waals surface area contributed by atoms with E-state index < -0.39 is 24.3 Å². The van der Waals surface area contributed by atoms with E-state index in [0.29, 0.717) is 43.3 Å². The number of aromatic nitrogens is 4. The molecule has 8 rings (SSSR count). The maximum atomic E-state index is 14.0. The van der Waals surface area contributed by atoms with E-state index in [9.17, 15) is 19.2 Å². The van der Waals surface area contributed by atoms with E-state index in [0.717, 1.165) is 68.3 Å². The first-order chi connectivity index (χ1) is 29.6. The normalized spacial score (nSPS) is 15.4. The van der Waals surface area contributed by atoms with Gasteiger partial charge in [-0.1, -0.05) is 69.3 Å². The Labute approximate surface area is 353 Å². The van der Waals surface area contributed by atoms with Gasteiger partial charge in [-0.05, 0) is 77.1 Å². The number of nitrogens with one attached hydrogen (secondary N) is 4. The van der Waals surface area contributed by atoms with Gasteiger partial charge in [-0.2, -0.15) is 0 Å². The van der Waals surface area contributed by atoms with Crippen molar-refractivity contribution in [2.75, 3.05) is 27.3 Å². The van der Waals surface area contributed by atoms with Crippen molar-refractivity contribution < 1.29 is 33.4 Å². The first kappa shape index (κ1) is 40.9. The van der Waals surface area contributed by atoms with Gasteiger partial charge in [0.1, 0.15) is 36.1 Å². The predicted octanol–water partition coefficient (Wildman–Crippen LogP) is 7.55. The molecule has 2 aromatic heterocycles. The largest absolute Gasteiger partial charge is 0.488 e. The van der Waals surface area contributed by atoms with Crippen LogP contribution in [0, 0.1) is 5.92 Å². The van der Waals surface area contributed by atoms with Gasteiger partial charge in [0, 0.05) is 24.0 Å². The van der Waals surface area contributed by atoms with Crippen molar-refractivity contribution in [1.29, 1.82) is 0 Å². The molecule has 0 unspecified atom stereocenters. The molecule has 0 saturated carbocycles. The highest BCUT2D eigenvalue weighted by Gasteiger charge is 2.37. The van der Waals surface area contributed by atoms with Gasteiger partial charge in [0.2, 0.25) is 11.8 Å². The average molecular weight is 827 g/mol. The Balaban J connectivity index is 1.02. The first-order valence-corrected chi connectivity index (χ1v) is 20.7. The van der Waals surface area contributed by atoms with Crippen molar-refractivity contribution in [2.24, 2.45) is 5.92 Å². The van der Waals surface area contributed by atoms with Crippen LogP contribution < -0.4 is 15.4 Å². The molecule has 4 amide bonds. The van der Waals surface area contributed by atoms with Crippen LogP contribution in [-0.2, 0) is 32.2 Å². The third-order valence-electron chi connectivity index (χ3n) is 11.5. The van der Waals surface area contributed by atoms with Gasteiger partial charge in [0.15, 0.2) is 0 Å². The number of fused-ring (bicyclic) bond motifs is 6. The first-order valence-electron chi connectivity index (χ1n) is 20.7. The number of rotatable bonds is 12. The fourth-order valence-corrected chi connectivity index (χ4v) is 8.44. The Kier molecular flexibility index (Phi) is 11.6. The second-order valence-corrected chi connectivity index (χ2v) is 15.8. The number of H-pyrrole nitrogens is 2. The Hall–Kier alpha value is -6.90. The summed E-state index contributed by atoms with van der Waals surface area (Å²) in [5.74, 6) is 1.54. The van der Waals surface area contributed by atoms with Crippen molar-refractivity contribution in [1.82, 2.24) is 40.4 Å². The molecule has 6 aromatic rings. The quantitative estimate of drug-likeness (QED) is 0.0968. The van der Waals surface area contributed by atoms with Crippen LogP contribution in [0.1, 0.15) is 74.9 Å². The number of imidazole rings is 2. The second kappa shape index (κ2) is 17.4. The Morgan fingerprint density at radius 2 is 1.74 bits per heavy atom. The molecular weight excluding hydrogens is 777 g/mol. The lowest BCUT2D eigenvalue weighted by Gasteiger charge is -2.30. The number of nitrogens with zero attached hydrogens (tertiary/aromatic N) is 4. The van der Waals surface area contributed by atoms with Crippen LogP contribution in [-0.4, -0.2) is 87.1 Å². The number of aromatic amines is 2. The minimum Gasteiger partial charge on any atom is -0.488 e. The zero-order chi connectivity index (χ0) is 42.8. The second-order valence-electron chi connectivity index (χ2n) is 15.8. The number of carbonyl (C=O) groups excluding carboxylic acids is 4. The van der Waals surface area contributed by atoms with Crippen LogP contribution in [0.4, 0.5) is 9.59 Å². The summed E-state index contributed by atoms with van der Waals surface area (Å²) in [7, 11) is 2.56. The summed E-state index contributed by atoms with van der Waals surface area (Å²) in [5.41, 5.74) is 7.13. The summed E-state index contributed by atoms with van der Waals surface area (Å²) in [5, 5.41) is 7.33. The molecule has 0 aliphatic carbocycles. The van der Waals surface area contributed by atoms with Crippen molar-refractivity contribution in [3.05, 3.63) is 102 Å². The zero-order valence-corrected chi connectivity index (χ0v) is 34.9. The van der Waals surface area contributed by atoms with Gasteiger partial charge < -0.3 is 44.6 Å². The molecule has 2 aliphatic rings. The number of hydrogen-bond acceptors (Lipinski definition) is 9. The van der Waals surface area contributed by atoms with E-state index in [1.807, 2.05) is 51.1 Å². The van der Waals surface area contributed by atoms with E-state index in [2.05, 4.69) is 50.9 Å². The van der Waals surface area contributed by atoms with Crippen molar-refractivity contribution in [2.45, 2.75) is 71.3 Å². The number of carbonyl (C=O) groups is 4. The van der Waals surface area contributed by atoms with Crippen LogP contribution in [0.3, 0.4) is 0 Å². The number of alkyl carbamates (subject to hydrolysis) is 2. The van der Waals surface area contributed by atoms with Crippen LogP contribution in [0.2, 0.25) is 0 Å². The van der Waals surface area contributed by atoms with Crippen LogP contribution in [0.15, 0.2) is 79.0 Å². The molecule has 61 heavy (non-hydrogen) atoms. The number of ether oxygens (including phenoxy) is 3. The van der Waals surface area contributed by atoms with Crippen molar-refractivity contribution >= 4 is 45.8 Å². The number of benzene rings is 4. The van der Waals surface area contributed by atoms with E-state index in [-0.39, 0.29) is 30.3 Å². The maximum absolute atomic E-state index is 14.0. The highest BCUT2D eigenvalue weighted by atomic mass is 16.5. The maximum Gasteiger partial charge on any atom is 0.407 e. The Morgan fingerprint density at radius 1 is 0.951 bits per heavy atom. The van der Waals surface area contributed by atoms with E-state index in [1.165, 1.54) is 14.2 Å². The lowest BCUT2D eigenvalue weighted by Crippen LogP contribution is -2.51. The summed E-state index contributed by atoms with van der Waals surface area (Å²) in [6.07, 6.45) is 2.79. The smallest absolute Gasteiger partial charge is 0.407 e. The summed E-state index contributed by atoms with van der Waals surface area (Å²) in [6, 6.07) is 21.8. The number of amides is 4. The highest BCUT2D eigenvalue weighted by molar-refractivity contribution is 6.07. The van der Waals surface area contributed by atoms with E-state index in [4.69, 9.17) is 24.2 Å². The molecule has 1 fully saturated rings. The standard InChI is InChI=1S/C46H50N8O7/c1-6-18-53(43(55)40(52-46(58)60-5)27-11-8-7-9-12-27)24-38-48-34-17-15-28-21-33-31-16-14-29(20-30(31)25-61-37(33)22-32(28)41(34)50-38)35-23-47-42(49-35)36-13-10-19-54(36)44(56)39(26(2)3)51-45(57)59-4/h7-9,11-12,14-17,20-23,26,36,39-40H,6,10,13,18-19,24-25H2,1-5H3,(H,47,49)(H,48,50)(H,51,57)(H,52,58)/t36-,39-,40+/m0/s1. The molecule has 3 atom stereocenters. The fourth-order valence-electron chi connectivity index (χ4n) is 8.44. The predicted molar refractivity (Wildman–Crippen MR) is 229 cm³/mol. The molecule has 1 saturated heterocycles. The van der Waals surface area contributed by atoms with Gasteiger partial charge in [-0.15, -0.1) is 0 Å². The monoisotopic (exact) mass is 826 g/mol. The van der Waals surface area contributed by atoms with Gasteiger partial charge in [0.05, 0.1) is 49.7 Å². The summed E-state index contributed by atoms with van der Waals surface area (Å²) in [4.78, 5) is 72.1. The summed E-state index contributed by atoms with van der Waals surface area (Å²) < 4.78 is 16.0. The fraction of sp³-hybridized carbons (Fsp3) is 0.348. The molecule has 0 radical (unpaired) electrons. The minimum absolute atomic E-state index is 0.121. The molecule has 0 bridgehead atoms. The van der Waals surface area contributed by atoms with E-state index >= 15 is 0 Å². The third kappa shape index (κ3) is 8.19. The van der Waals surface area contributed by atoms with Crippen molar-refractivity contribution in [3.63, 3.8) is 0 Å². The molecular formula is C46H50N8O7. The van der Waals surface area contributed by atoms with Crippen LogP contribution in [0.5, 0.6) is 5.75 Å². The molecule has 2 aliphatic heterocycles. The number of likely N-dealkylation sites (tertiary alicyclic amines) is 1. The number of hydrogen-bond donors (Lipinski definition) is 4. The van der Waals surface area contributed by atoms with Gasteiger partial charge >= 0.3 is 12.2 Å². The zero-order valence-electron chi connectivity index (χ0n) is 34.9. The topological polar surface area (TPSA) is 184 Å². The molecule has 15 heteroatoms. The van der Waals surface area contributed by atoms with E-state index in [1.54, 1.807) is 28.1 Å². The molecule has 4 N–H and O–H groups in total. The number of methoxy groups -OCH3 is 2. The molecule has 15 nitrogen and oxygen atoms in total. The molecule has 4 aromatic carbocycles. The SMILES string of the molecule is CCCN(Cc1nc2c(ccc3cc4c(cc32)OCc2cc(-c3cnc([C@@H]5CCCN5C(=O)[C@@H](NC(=O)OC)C(C)C)[nH]3)ccc2-4)[nH]1)C(=O)[C@H](NC(=O)OC)c1ccccc1. The van der Waals surface area contributed by atoms with Gasteiger partial charge in [-0.25, -0.2) is 19.6 Å². The Bertz CT molecular complexity index is 2600. The summed E-state index contributed by atoms with van der Waals surface area (Å²) in [6.45, 7) is 7.42. The third-order valence-corrected chi connectivity index (χ3v) is 11.5. The Morgan fingerprint density at radius 3 is 2.49 bits per heavy atom. The van der Waals surface area contributed by atoms with Crippen LogP contribution in [0.25, 0.3) is 44.2 Å². The lowest BCUT2D eigenvalue weighted by molar-refractivity contribution is -0.135. The van der Waals surface area contributed by atoms with Gasteiger partial charge in [-0.3, -0.25) is 9.59 Å². The minimum atomic E-state index is -0.924. The molecule has 4 heterocycles. The summed E-state index contributed by atoms with van der Waals surface area (Å²) >= 11 is 0. The average Bonchev–Trinajstić information content (AvgIpc) is 4.06. The highest BCUT2D eigenvalue weighted by Crippen LogP contribution is 2.43. The lowest BCUT2D eigenvalue weighted by atomic mass is 9.92. The van der Waals surface area contributed by atoms with Gasteiger partial charge in [0.25, 0.3) is 0 Å². The van der Waals surface area contributed by atoms with Crippen molar-refractivity contribution in [3.8, 4) is 28.1 Å². The molecule has 316 valence electrons.